The maximum absolute atomic E-state index is 13.8. The van der Waals surface area contributed by atoms with Gasteiger partial charge in [-0.05, 0) is 62.0 Å². The third-order valence-electron chi connectivity index (χ3n) is 8.81. The molecular weight excluding hydrogens is 733 g/mol. The Kier molecular flexibility index (Phi) is 24.0. The second-order valence-corrected chi connectivity index (χ2v) is 15.1. The minimum absolute atomic E-state index is 0.0838. The van der Waals surface area contributed by atoms with Crippen LogP contribution in [-0.4, -0.2) is 148 Å². The number of hydrogen-bond acceptors (Lipinski definition) is 13. The van der Waals surface area contributed by atoms with E-state index >= 15 is 0 Å². The summed E-state index contributed by atoms with van der Waals surface area (Å²) in [4.78, 5) is 82.1. The molecule has 0 aromatic rings. The molecule has 1 fully saturated rings. The number of guanidine groups is 1. The van der Waals surface area contributed by atoms with Crippen LogP contribution in [0.25, 0.3) is 0 Å². The summed E-state index contributed by atoms with van der Waals surface area (Å²) >= 11 is 2.78. The molecular formula is C33H60N8O10S2. The van der Waals surface area contributed by atoms with Crippen LogP contribution < -0.4 is 38.1 Å². The van der Waals surface area contributed by atoms with Crippen molar-refractivity contribution in [2.75, 3.05) is 37.2 Å². The van der Waals surface area contributed by atoms with Crippen LogP contribution in [0.2, 0.25) is 0 Å². The first-order valence-corrected chi connectivity index (χ1v) is 20.6. The molecule has 0 radical (unpaired) electrons. The highest BCUT2D eigenvalue weighted by Crippen LogP contribution is 2.27. The molecule has 1 aliphatic carbocycles. The van der Waals surface area contributed by atoms with E-state index in [1.807, 2.05) is 0 Å². The number of nitrogens with one attached hydrogen (secondary N) is 5. The predicted octanol–water partition coefficient (Wildman–Crippen LogP) is -2.77. The highest BCUT2D eigenvalue weighted by Gasteiger charge is 2.35. The Bertz CT molecular complexity index is 1190. The lowest BCUT2D eigenvalue weighted by Gasteiger charge is -2.29. The third-order valence-corrected chi connectivity index (χ3v) is 10.1. The standard InChI is InChI=1S/C33H60N8O10S2/c1-19(44)37-24(16-20-8-5-4-6-9-20)32(51)38-21(10-7-13-36-33(34)35)29(48)39-22(11-14-52-2)30(49)40-23(12-15-53-3)31(50)41-25(17-42)27(46)28(47)26(45)18-43/h17,20-28,43,45-47H,4-16,18H2,1-3H3,(H,37,44)(H,38,51)(H,39,48)(H,40,49)(H,41,50)(H4,34,35,36)/t21-,22-,23-,24-,25+,26+,27+,28+/m0/s1. The van der Waals surface area contributed by atoms with Crippen molar-refractivity contribution in [3.63, 3.8) is 0 Å². The van der Waals surface area contributed by atoms with Crippen molar-refractivity contribution in [1.82, 2.24) is 26.6 Å². The predicted molar refractivity (Wildman–Crippen MR) is 204 cm³/mol. The van der Waals surface area contributed by atoms with Crippen LogP contribution in [0, 0.1) is 5.92 Å². The van der Waals surface area contributed by atoms with Gasteiger partial charge in [-0.1, -0.05) is 32.1 Å². The van der Waals surface area contributed by atoms with Gasteiger partial charge in [-0.2, -0.15) is 23.5 Å². The Morgan fingerprint density at radius 2 is 1.25 bits per heavy atom. The molecule has 0 spiro atoms. The minimum atomic E-state index is -1.98. The average molecular weight is 793 g/mol. The van der Waals surface area contributed by atoms with E-state index in [1.165, 1.54) is 30.4 Å². The summed E-state index contributed by atoms with van der Waals surface area (Å²) in [6, 6.07) is -6.13. The number of aliphatic hydroxyl groups excluding tert-OH is 4. The van der Waals surface area contributed by atoms with Crippen molar-refractivity contribution in [2.45, 2.75) is 120 Å². The van der Waals surface area contributed by atoms with E-state index in [1.54, 1.807) is 12.5 Å². The van der Waals surface area contributed by atoms with E-state index in [2.05, 4.69) is 31.6 Å². The molecule has 5 amide bonds. The summed E-state index contributed by atoms with van der Waals surface area (Å²) in [7, 11) is 0. The van der Waals surface area contributed by atoms with Gasteiger partial charge in [0.2, 0.25) is 29.5 Å². The van der Waals surface area contributed by atoms with Gasteiger partial charge < -0.3 is 63.3 Å². The van der Waals surface area contributed by atoms with E-state index in [9.17, 15) is 44.1 Å². The molecule has 0 bridgehead atoms. The van der Waals surface area contributed by atoms with Crippen LogP contribution in [0.1, 0.15) is 71.1 Å². The monoisotopic (exact) mass is 792 g/mol. The lowest BCUT2D eigenvalue weighted by atomic mass is 9.84. The van der Waals surface area contributed by atoms with Gasteiger partial charge in [0, 0.05) is 13.5 Å². The minimum Gasteiger partial charge on any atom is -0.394 e. The zero-order chi connectivity index (χ0) is 39.9. The van der Waals surface area contributed by atoms with E-state index in [4.69, 9.17) is 16.6 Å². The smallest absolute Gasteiger partial charge is 0.243 e. The lowest BCUT2D eigenvalue weighted by molar-refractivity contribution is -0.136. The van der Waals surface area contributed by atoms with Gasteiger partial charge in [-0.25, -0.2) is 0 Å². The van der Waals surface area contributed by atoms with Crippen molar-refractivity contribution in [1.29, 1.82) is 0 Å². The molecule has 0 heterocycles. The number of rotatable bonds is 26. The molecule has 304 valence electrons. The number of aliphatic imine (C=N–C) groups is 1. The fraction of sp³-hybridized carbons (Fsp3) is 0.788. The zero-order valence-corrected chi connectivity index (χ0v) is 32.5. The number of carbonyl (C=O) groups excluding carboxylic acids is 6. The first kappa shape index (κ1) is 47.9. The Hall–Kier alpha value is -3.17. The largest absolute Gasteiger partial charge is 0.394 e. The molecule has 0 aromatic heterocycles. The number of nitrogens with two attached hydrogens (primary N) is 2. The molecule has 1 rings (SSSR count). The first-order valence-electron chi connectivity index (χ1n) is 17.8. The molecule has 18 nitrogen and oxygen atoms in total. The Morgan fingerprint density at radius 3 is 1.70 bits per heavy atom. The van der Waals surface area contributed by atoms with Crippen LogP contribution in [0.4, 0.5) is 0 Å². The van der Waals surface area contributed by atoms with Gasteiger partial charge in [-0.3, -0.25) is 29.0 Å². The van der Waals surface area contributed by atoms with Gasteiger partial charge in [-0.15, -0.1) is 0 Å². The first-order chi connectivity index (χ1) is 25.2. The van der Waals surface area contributed by atoms with E-state index in [0.717, 1.165) is 32.1 Å². The molecule has 13 N–H and O–H groups in total. The second kappa shape index (κ2) is 26.6. The normalized spacial score (nSPS) is 17.7. The van der Waals surface area contributed by atoms with Gasteiger partial charge in [0.05, 0.1) is 6.61 Å². The molecule has 0 saturated heterocycles. The number of thioether (sulfide) groups is 2. The highest BCUT2D eigenvalue weighted by molar-refractivity contribution is 7.98. The van der Waals surface area contributed by atoms with Crippen LogP contribution in [-0.2, 0) is 28.8 Å². The van der Waals surface area contributed by atoms with Gasteiger partial charge in [0.1, 0.15) is 54.8 Å². The number of aliphatic hydroxyl groups is 4. The third kappa shape index (κ3) is 18.6. The van der Waals surface area contributed by atoms with Gasteiger partial charge in [0.15, 0.2) is 5.96 Å². The summed E-state index contributed by atoms with van der Waals surface area (Å²) in [6.45, 7) is 0.563. The van der Waals surface area contributed by atoms with E-state index in [-0.39, 0.29) is 50.4 Å². The fourth-order valence-corrected chi connectivity index (χ4v) is 6.79. The quantitative estimate of drug-likeness (QED) is 0.0183. The van der Waals surface area contributed by atoms with Crippen molar-refractivity contribution < 1.29 is 49.2 Å². The van der Waals surface area contributed by atoms with Crippen molar-refractivity contribution in [2.24, 2.45) is 22.4 Å². The van der Waals surface area contributed by atoms with Gasteiger partial charge in [0.25, 0.3) is 0 Å². The molecule has 53 heavy (non-hydrogen) atoms. The summed E-state index contributed by atoms with van der Waals surface area (Å²) in [5.41, 5.74) is 10.9. The van der Waals surface area contributed by atoms with Crippen molar-refractivity contribution in [3.8, 4) is 0 Å². The molecule has 1 saturated carbocycles. The van der Waals surface area contributed by atoms with Gasteiger partial charge >= 0.3 is 0 Å². The molecule has 8 atom stereocenters. The van der Waals surface area contributed by atoms with Crippen LogP contribution in [0.5, 0.6) is 0 Å². The Morgan fingerprint density at radius 1 is 0.755 bits per heavy atom. The Balaban J connectivity index is 3.25. The molecule has 0 unspecified atom stereocenters. The summed E-state index contributed by atoms with van der Waals surface area (Å²) in [5.74, 6) is -2.32. The summed E-state index contributed by atoms with van der Waals surface area (Å²) in [5, 5.41) is 52.2. The molecule has 1 aliphatic rings. The summed E-state index contributed by atoms with van der Waals surface area (Å²) < 4.78 is 0. The van der Waals surface area contributed by atoms with E-state index in [0.29, 0.717) is 17.9 Å². The Labute approximate surface area is 319 Å². The topological polar surface area (TPSA) is 308 Å². The number of amides is 5. The zero-order valence-electron chi connectivity index (χ0n) is 30.8. The van der Waals surface area contributed by atoms with Crippen LogP contribution in [0.3, 0.4) is 0 Å². The lowest BCUT2D eigenvalue weighted by Crippen LogP contribution is -2.60. The maximum atomic E-state index is 13.8. The highest BCUT2D eigenvalue weighted by atomic mass is 32.2. The summed E-state index contributed by atoms with van der Waals surface area (Å²) in [6.07, 6.45) is 4.06. The fourth-order valence-electron chi connectivity index (χ4n) is 5.84. The number of aldehydes is 1. The van der Waals surface area contributed by atoms with E-state index < -0.39 is 84.7 Å². The van der Waals surface area contributed by atoms with Crippen LogP contribution in [0.15, 0.2) is 4.99 Å². The molecule has 0 aliphatic heterocycles. The molecule has 20 heteroatoms. The number of carbonyl (C=O) groups is 6. The van der Waals surface area contributed by atoms with Crippen LogP contribution >= 0.6 is 23.5 Å². The maximum Gasteiger partial charge on any atom is 0.243 e. The van der Waals surface area contributed by atoms with Crippen molar-refractivity contribution in [3.05, 3.63) is 0 Å². The molecule has 0 aromatic carbocycles. The van der Waals surface area contributed by atoms with Crippen molar-refractivity contribution >= 4 is 65.3 Å². The average Bonchev–Trinajstić information content (AvgIpc) is 3.13. The second-order valence-electron chi connectivity index (χ2n) is 13.1. The SMILES string of the molecule is CSCC[C@H](NC(=O)[C@H](CCCN=C(N)N)NC(=O)[C@H](CC1CCCCC1)NC(C)=O)C(=O)N[C@@H](CCSC)C(=O)N[C@H](C=O)[C@@H](O)[C@H](O)[C@H](O)CO. The number of hydrogen-bond donors (Lipinski definition) is 11. The number of nitrogens with zero attached hydrogens (tertiary/aromatic N) is 1.